The van der Waals surface area contributed by atoms with Crippen molar-refractivity contribution >= 4 is 45.5 Å². The normalized spacial score (nSPS) is 10.3. The summed E-state index contributed by atoms with van der Waals surface area (Å²) in [6.45, 7) is 0. The molecule has 0 aliphatic carbocycles. The van der Waals surface area contributed by atoms with Crippen LogP contribution in [-0.4, -0.2) is 17.1 Å². The van der Waals surface area contributed by atoms with Crippen LogP contribution in [0, 0.1) is 11.3 Å². The molecule has 25 heavy (non-hydrogen) atoms. The number of aromatic nitrogens is 1. The van der Waals surface area contributed by atoms with E-state index in [4.69, 9.17) is 32.7 Å². The van der Waals surface area contributed by atoms with E-state index in [-0.39, 0.29) is 12.1 Å². The molecule has 1 heterocycles. The fraction of sp³-hybridized carbons (Fsp3) is 0.111. The van der Waals surface area contributed by atoms with Crippen molar-refractivity contribution in [3.8, 4) is 17.6 Å². The molecular formula is C18H13Cl2N3O2. The zero-order valence-electron chi connectivity index (χ0n) is 13.0. The van der Waals surface area contributed by atoms with Crippen molar-refractivity contribution in [3.05, 3.63) is 54.2 Å². The van der Waals surface area contributed by atoms with Crippen molar-refractivity contribution in [2.75, 3.05) is 17.4 Å². The first kappa shape index (κ1) is 17.2. The third-order valence-electron chi connectivity index (χ3n) is 3.54. The Morgan fingerprint density at radius 2 is 1.88 bits per heavy atom. The van der Waals surface area contributed by atoms with E-state index in [1.54, 1.807) is 18.2 Å². The third kappa shape index (κ3) is 3.71. The molecule has 0 amide bonds. The fourth-order valence-corrected chi connectivity index (χ4v) is 2.68. The van der Waals surface area contributed by atoms with E-state index < -0.39 is 0 Å². The molecule has 0 radical (unpaired) electrons. The van der Waals surface area contributed by atoms with Crippen LogP contribution in [0.3, 0.4) is 0 Å². The highest BCUT2D eigenvalue weighted by molar-refractivity contribution is 6.17. The average molecular weight is 374 g/mol. The highest BCUT2D eigenvalue weighted by atomic mass is 35.5. The number of hydrogen-bond donors (Lipinski definition) is 1. The molecule has 5 nitrogen and oxygen atoms in total. The summed E-state index contributed by atoms with van der Waals surface area (Å²) in [4.78, 5) is 4.30. The topological polar surface area (TPSA) is 67.2 Å². The Bertz CT molecular complexity index is 941. The summed E-state index contributed by atoms with van der Waals surface area (Å²) >= 11 is 11.3. The number of nitrogens with one attached hydrogen (secondary N) is 1. The largest absolute Gasteiger partial charge is 0.478 e. The van der Waals surface area contributed by atoms with Gasteiger partial charge in [-0.3, -0.25) is 4.98 Å². The molecule has 1 aromatic heterocycles. The molecule has 0 atom stereocenters. The van der Waals surface area contributed by atoms with Gasteiger partial charge in [0.25, 0.3) is 0 Å². The minimum atomic E-state index is -0.0266. The third-order valence-corrected chi connectivity index (χ3v) is 3.76. The number of nitrogens with zero attached hydrogens (tertiary/aromatic N) is 2. The van der Waals surface area contributed by atoms with Crippen molar-refractivity contribution in [3.63, 3.8) is 0 Å². The highest BCUT2D eigenvalue weighted by Crippen LogP contribution is 2.35. The Hall–Kier alpha value is -2.68. The molecule has 3 aromatic rings. The van der Waals surface area contributed by atoms with E-state index in [0.717, 1.165) is 10.9 Å². The van der Waals surface area contributed by atoms with Crippen molar-refractivity contribution in [1.29, 1.82) is 5.26 Å². The Kier molecular flexibility index (Phi) is 5.44. The Morgan fingerprint density at radius 1 is 1.08 bits per heavy atom. The second-order valence-corrected chi connectivity index (χ2v) is 5.40. The van der Waals surface area contributed by atoms with Gasteiger partial charge >= 0.3 is 0 Å². The van der Waals surface area contributed by atoms with E-state index in [1.807, 2.05) is 24.3 Å². The van der Waals surface area contributed by atoms with Crippen LogP contribution in [0.1, 0.15) is 5.56 Å². The van der Waals surface area contributed by atoms with Gasteiger partial charge in [-0.05, 0) is 18.2 Å². The second kappa shape index (κ2) is 7.93. The van der Waals surface area contributed by atoms with Crippen LogP contribution in [0.4, 0.5) is 11.4 Å². The maximum atomic E-state index is 9.43. The van der Waals surface area contributed by atoms with Crippen LogP contribution in [0.2, 0.25) is 0 Å². The molecular weight excluding hydrogens is 361 g/mol. The number of anilines is 2. The maximum Gasteiger partial charge on any atom is 0.162 e. The van der Waals surface area contributed by atoms with Crippen LogP contribution in [0.5, 0.6) is 11.5 Å². The number of hydrogen-bond acceptors (Lipinski definition) is 5. The van der Waals surface area contributed by atoms with E-state index in [2.05, 4.69) is 16.4 Å². The molecule has 0 saturated heterocycles. The molecule has 0 saturated carbocycles. The van der Waals surface area contributed by atoms with Crippen LogP contribution >= 0.6 is 23.2 Å². The number of fused-ring (bicyclic) bond motifs is 1. The van der Waals surface area contributed by atoms with Crippen molar-refractivity contribution in [2.45, 2.75) is 0 Å². The zero-order valence-corrected chi connectivity index (χ0v) is 14.5. The predicted molar refractivity (Wildman–Crippen MR) is 98.9 cm³/mol. The highest BCUT2D eigenvalue weighted by Gasteiger charge is 2.12. The number of para-hydroxylation sites is 1. The Balaban J connectivity index is 2.08. The summed E-state index contributed by atoms with van der Waals surface area (Å²) in [5.74, 6) is 1.04. The second-order valence-electron chi connectivity index (χ2n) is 4.97. The van der Waals surface area contributed by atoms with Crippen LogP contribution in [0.15, 0.2) is 48.7 Å². The number of benzene rings is 2. The van der Waals surface area contributed by atoms with Gasteiger partial charge in [-0.25, -0.2) is 0 Å². The maximum absolute atomic E-state index is 9.43. The standard InChI is InChI=1S/C18H13Cl2N3O2/c19-10-24-13-5-6-16(17(7-13)25-11-20)23-18-12(8-21)9-22-15-4-2-1-3-14(15)18/h1-7,9H,10-11H2,(H,22,23). The number of nitriles is 1. The van der Waals surface area contributed by atoms with Gasteiger partial charge in [-0.1, -0.05) is 41.4 Å². The van der Waals surface area contributed by atoms with Gasteiger partial charge in [0.15, 0.2) is 12.1 Å². The van der Waals surface area contributed by atoms with Gasteiger partial charge < -0.3 is 14.8 Å². The molecule has 0 bridgehead atoms. The monoisotopic (exact) mass is 373 g/mol. The summed E-state index contributed by atoms with van der Waals surface area (Å²) in [5, 5.41) is 13.5. The van der Waals surface area contributed by atoms with Gasteiger partial charge in [-0.15, -0.1) is 0 Å². The lowest BCUT2D eigenvalue weighted by molar-refractivity contribution is 0.370. The fourth-order valence-electron chi connectivity index (χ4n) is 2.43. The number of halogens is 2. The van der Waals surface area contributed by atoms with E-state index in [0.29, 0.717) is 28.4 Å². The van der Waals surface area contributed by atoms with Crippen LogP contribution in [0.25, 0.3) is 10.9 Å². The lowest BCUT2D eigenvalue weighted by atomic mass is 10.1. The van der Waals surface area contributed by atoms with Crippen LogP contribution < -0.4 is 14.8 Å². The summed E-state index contributed by atoms with van der Waals surface area (Å²) in [5.41, 5.74) is 2.51. The molecule has 0 aliphatic rings. The Morgan fingerprint density at radius 3 is 2.64 bits per heavy atom. The molecule has 7 heteroatoms. The van der Waals surface area contributed by atoms with E-state index >= 15 is 0 Å². The van der Waals surface area contributed by atoms with Gasteiger partial charge in [-0.2, -0.15) is 5.26 Å². The minimum Gasteiger partial charge on any atom is -0.478 e. The van der Waals surface area contributed by atoms with Crippen LogP contribution in [-0.2, 0) is 0 Å². The summed E-state index contributed by atoms with van der Waals surface area (Å²) in [7, 11) is 0. The Labute approximate surface area is 154 Å². The quantitative estimate of drug-likeness (QED) is 0.615. The minimum absolute atomic E-state index is 0.0266. The van der Waals surface area contributed by atoms with Crippen molar-refractivity contribution < 1.29 is 9.47 Å². The van der Waals surface area contributed by atoms with E-state index in [1.165, 1.54) is 6.20 Å². The van der Waals surface area contributed by atoms with Gasteiger partial charge in [0, 0.05) is 17.6 Å². The van der Waals surface area contributed by atoms with E-state index in [9.17, 15) is 5.26 Å². The SMILES string of the molecule is N#Cc1cnc2ccccc2c1Nc1ccc(OCCl)cc1OCCl. The van der Waals surface area contributed by atoms with Crippen molar-refractivity contribution in [2.24, 2.45) is 0 Å². The summed E-state index contributed by atoms with van der Waals surface area (Å²) in [6, 6.07) is 14.9. The summed E-state index contributed by atoms with van der Waals surface area (Å²) in [6.07, 6.45) is 1.54. The molecule has 3 rings (SSSR count). The predicted octanol–water partition coefficient (Wildman–Crippen LogP) is 5.00. The first-order valence-corrected chi connectivity index (χ1v) is 8.40. The van der Waals surface area contributed by atoms with Gasteiger partial charge in [0.1, 0.15) is 17.6 Å². The van der Waals surface area contributed by atoms with Gasteiger partial charge in [0.2, 0.25) is 0 Å². The molecule has 0 fully saturated rings. The van der Waals surface area contributed by atoms with Gasteiger partial charge in [0.05, 0.1) is 22.5 Å². The lowest BCUT2D eigenvalue weighted by Gasteiger charge is -2.15. The number of pyridine rings is 1. The smallest absolute Gasteiger partial charge is 0.162 e. The molecule has 0 unspecified atom stereocenters. The average Bonchev–Trinajstić information content (AvgIpc) is 2.64. The molecule has 0 aliphatic heterocycles. The number of ether oxygens (including phenoxy) is 2. The zero-order chi connectivity index (χ0) is 17.6. The molecule has 2 aromatic carbocycles. The number of rotatable bonds is 6. The molecule has 0 spiro atoms. The first-order chi connectivity index (χ1) is 12.3. The molecule has 1 N–H and O–H groups in total. The van der Waals surface area contributed by atoms with Crippen molar-refractivity contribution in [1.82, 2.24) is 4.98 Å². The first-order valence-electron chi connectivity index (χ1n) is 7.33. The summed E-state index contributed by atoms with van der Waals surface area (Å²) < 4.78 is 10.7. The lowest BCUT2D eigenvalue weighted by Crippen LogP contribution is -2.01. The molecule has 126 valence electrons. The number of alkyl halides is 2.